The highest BCUT2D eigenvalue weighted by molar-refractivity contribution is 7.13. The molecule has 1 aliphatic heterocycles. The Labute approximate surface area is 178 Å². The van der Waals surface area contributed by atoms with Crippen LogP contribution in [0.2, 0.25) is 0 Å². The van der Waals surface area contributed by atoms with Crippen molar-refractivity contribution in [1.29, 1.82) is 0 Å². The second-order valence-electron chi connectivity index (χ2n) is 7.27. The van der Waals surface area contributed by atoms with Crippen LogP contribution in [0.4, 0.5) is 30.4 Å². The summed E-state index contributed by atoms with van der Waals surface area (Å²) in [6, 6.07) is 9.52. The lowest BCUT2D eigenvalue weighted by Gasteiger charge is -2.33. The van der Waals surface area contributed by atoms with Gasteiger partial charge in [0.15, 0.2) is 5.82 Å². The Morgan fingerprint density at radius 3 is 2.61 bits per heavy atom. The molecule has 4 rings (SSSR count). The van der Waals surface area contributed by atoms with Gasteiger partial charge in [-0.05, 0) is 48.6 Å². The molecule has 0 aliphatic carbocycles. The maximum Gasteiger partial charge on any atom is 0.416 e. The molecule has 11 heteroatoms. The number of nitrogens with zero attached hydrogens (tertiary/aromatic N) is 3. The van der Waals surface area contributed by atoms with Gasteiger partial charge >= 0.3 is 6.18 Å². The first-order chi connectivity index (χ1) is 14.7. The second kappa shape index (κ2) is 8.14. The molecule has 0 unspecified atom stereocenters. The lowest BCUT2D eigenvalue weighted by atomic mass is 9.95. The average Bonchev–Trinajstić information content (AvgIpc) is 3.15. The summed E-state index contributed by atoms with van der Waals surface area (Å²) in [6.07, 6.45) is -3.45. The van der Waals surface area contributed by atoms with Gasteiger partial charge < -0.3 is 10.2 Å². The zero-order chi connectivity index (χ0) is 22.2. The molecule has 1 fully saturated rings. The predicted molar refractivity (Wildman–Crippen MR) is 111 cm³/mol. The number of amides is 1. The Kier molecular flexibility index (Phi) is 5.52. The summed E-state index contributed by atoms with van der Waals surface area (Å²) in [5, 5.41) is 14.3. The van der Waals surface area contributed by atoms with Gasteiger partial charge in [-0.15, -0.1) is 0 Å². The molecule has 2 aromatic carbocycles. The summed E-state index contributed by atoms with van der Waals surface area (Å²) >= 11 is 1.14. The third-order valence-electron chi connectivity index (χ3n) is 5.31. The van der Waals surface area contributed by atoms with Gasteiger partial charge in [0.05, 0.1) is 15.2 Å². The summed E-state index contributed by atoms with van der Waals surface area (Å²) in [7, 11) is 0. The quantitative estimate of drug-likeness (QED) is 0.442. The molecule has 162 valence electrons. The fourth-order valence-electron chi connectivity index (χ4n) is 3.63. The highest BCUT2D eigenvalue weighted by Crippen LogP contribution is 2.34. The number of piperidine rings is 1. The molecule has 1 aromatic heterocycles. The second-order valence-corrected chi connectivity index (χ2v) is 8.07. The van der Waals surface area contributed by atoms with E-state index in [-0.39, 0.29) is 23.3 Å². The Hall–Kier alpha value is -3.21. The Balaban J connectivity index is 1.42. The van der Waals surface area contributed by atoms with Gasteiger partial charge in [-0.3, -0.25) is 14.9 Å². The Morgan fingerprint density at radius 1 is 1.19 bits per heavy atom. The van der Waals surface area contributed by atoms with Gasteiger partial charge in [-0.25, -0.2) is 0 Å². The number of nitro groups is 1. The molecule has 0 saturated carbocycles. The molecule has 2 heterocycles. The molecular weight excluding hydrogens is 433 g/mol. The van der Waals surface area contributed by atoms with Crippen LogP contribution in [0.5, 0.6) is 0 Å². The molecule has 0 bridgehead atoms. The highest BCUT2D eigenvalue weighted by Gasteiger charge is 2.32. The largest absolute Gasteiger partial charge is 0.416 e. The van der Waals surface area contributed by atoms with E-state index in [1.807, 2.05) is 4.90 Å². The minimum absolute atomic E-state index is 0.0856. The molecule has 1 N–H and O–H groups in total. The number of nitro benzene ring substituents is 1. The topological polar surface area (TPSA) is 88.4 Å². The molecule has 0 radical (unpaired) electrons. The zero-order valence-corrected chi connectivity index (χ0v) is 16.9. The average molecular weight is 450 g/mol. The van der Waals surface area contributed by atoms with Gasteiger partial charge in [-0.1, -0.05) is 6.07 Å². The number of aromatic nitrogens is 1. The maximum absolute atomic E-state index is 12.9. The van der Waals surface area contributed by atoms with Crippen LogP contribution in [-0.4, -0.2) is 28.3 Å². The van der Waals surface area contributed by atoms with Crippen LogP contribution < -0.4 is 10.2 Å². The zero-order valence-electron chi connectivity index (χ0n) is 16.1. The van der Waals surface area contributed by atoms with Crippen LogP contribution in [0, 0.1) is 16.0 Å². The number of alkyl halides is 3. The van der Waals surface area contributed by atoms with Gasteiger partial charge in [0.1, 0.15) is 0 Å². The van der Waals surface area contributed by atoms with E-state index in [9.17, 15) is 28.1 Å². The fraction of sp³-hybridized carbons (Fsp3) is 0.300. The van der Waals surface area contributed by atoms with Crippen LogP contribution >= 0.6 is 11.5 Å². The van der Waals surface area contributed by atoms with Crippen molar-refractivity contribution in [3.05, 3.63) is 58.1 Å². The van der Waals surface area contributed by atoms with Gasteiger partial charge in [0, 0.05) is 42.2 Å². The van der Waals surface area contributed by atoms with Crippen molar-refractivity contribution in [2.75, 3.05) is 23.3 Å². The number of fused-ring (bicyclic) bond motifs is 1. The molecule has 0 atom stereocenters. The van der Waals surface area contributed by atoms with Crippen molar-refractivity contribution in [3.63, 3.8) is 0 Å². The van der Waals surface area contributed by atoms with Gasteiger partial charge in [0.25, 0.3) is 5.69 Å². The molecule has 1 aliphatic rings. The van der Waals surface area contributed by atoms with E-state index < -0.39 is 16.7 Å². The number of nitrogens with one attached hydrogen (secondary N) is 1. The minimum atomic E-state index is -4.40. The van der Waals surface area contributed by atoms with E-state index >= 15 is 0 Å². The van der Waals surface area contributed by atoms with Crippen LogP contribution in [0.1, 0.15) is 18.4 Å². The van der Waals surface area contributed by atoms with Crippen LogP contribution in [0.15, 0.2) is 42.5 Å². The predicted octanol–water partition coefficient (Wildman–Crippen LogP) is 5.08. The number of carbonyl (C=O) groups is 1. The number of carbonyl (C=O) groups excluding carboxylic acids is 1. The molecule has 1 saturated heterocycles. The number of rotatable bonds is 4. The summed E-state index contributed by atoms with van der Waals surface area (Å²) in [6.45, 7) is 0.894. The maximum atomic E-state index is 12.9. The standard InChI is InChI=1S/C20H17F3N4O3S/c21-20(22,23)13-2-1-3-14(10-13)26-8-6-12(7-9-26)19(28)24-18-16-11-15(27(29)30)4-5-17(16)31-25-18/h1-5,10-12H,6-9H2,(H,24,25,28). The van der Waals surface area contributed by atoms with Crippen molar-refractivity contribution in [1.82, 2.24) is 4.37 Å². The van der Waals surface area contributed by atoms with Crippen LogP contribution in [0.25, 0.3) is 10.1 Å². The van der Waals surface area contributed by atoms with E-state index in [4.69, 9.17) is 0 Å². The van der Waals surface area contributed by atoms with E-state index in [1.54, 1.807) is 12.1 Å². The van der Waals surface area contributed by atoms with Gasteiger partial charge in [0.2, 0.25) is 5.91 Å². The number of hydrogen-bond acceptors (Lipinski definition) is 6. The fourth-order valence-corrected chi connectivity index (χ4v) is 4.34. The first-order valence-electron chi connectivity index (χ1n) is 9.49. The molecule has 0 spiro atoms. The van der Waals surface area contributed by atoms with Crippen molar-refractivity contribution in [3.8, 4) is 0 Å². The number of hydrogen-bond donors (Lipinski definition) is 1. The Bertz CT molecular complexity index is 1140. The number of halogens is 3. The monoisotopic (exact) mass is 450 g/mol. The van der Waals surface area contributed by atoms with E-state index in [0.29, 0.717) is 37.0 Å². The molecule has 1 amide bonds. The van der Waals surface area contributed by atoms with Crippen molar-refractivity contribution >= 4 is 44.7 Å². The van der Waals surface area contributed by atoms with Crippen LogP contribution in [-0.2, 0) is 11.0 Å². The highest BCUT2D eigenvalue weighted by atomic mass is 32.1. The third-order valence-corrected chi connectivity index (χ3v) is 6.14. The van der Waals surface area contributed by atoms with E-state index in [2.05, 4.69) is 9.69 Å². The molecule has 3 aromatic rings. The lowest BCUT2D eigenvalue weighted by Crippen LogP contribution is -2.38. The first kappa shape index (κ1) is 21.0. The number of benzene rings is 2. The lowest BCUT2D eigenvalue weighted by molar-refractivity contribution is -0.384. The van der Waals surface area contributed by atoms with Gasteiger partial charge in [-0.2, -0.15) is 17.5 Å². The van der Waals surface area contributed by atoms with E-state index in [1.165, 1.54) is 18.2 Å². The minimum Gasteiger partial charge on any atom is -0.371 e. The summed E-state index contributed by atoms with van der Waals surface area (Å²) in [5.74, 6) is -0.283. The number of anilines is 2. The Morgan fingerprint density at radius 2 is 1.94 bits per heavy atom. The summed E-state index contributed by atoms with van der Waals surface area (Å²) < 4.78 is 43.8. The first-order valence-corrected chi connectivity index (χ1v) is 10.3. The molecular formula is C20H17F3N4O3S. The molecule has 31 heavy (non-hydrogen) atoms. The summed E-state index contributed by atoms with van der Waals surface area (Å²) in [5.41, 5.74) is -0.307. The van der Waals surface area contributed by atoms with E-state index in [0.717, 1.165) is 28.4 Å². The SMILES string of the molecule is O=C(Nc1nsc2ccc([N+](=O)[O-])cc12)C1CCN(c2cccc(C(F)(F)F)c2)CC1. The normalized spacial score (nSPS) is 15.3. The van der Waals surface area contributed by atoms with Crippen molar-refractivity contribution in [2.45, 2.75) is 19.0 Å². The third kappa shape index (κ3) is 4.46. The van der Waals surface area contributed by atoms with Crippen LogP contribution in [0.3, 0.4) is 0 Å². The van der Waals surface area contributed by atoms with Crippen molar-refractivity contribution in [2.24, 2.45) is 5.92 Å². The number of non-ortho nitro benzene ring substituents is 1. The van der Waals surface area contributed by atoms with Crippen molar-refractivity contribution < 1.29 is 22.9 Å². The smallest absolute Gasteiger partial charge is 0.371 e. The summed E-state index contributed by atoms with van der Waals surface area (Å²) in [4.78, 5) is 25.0. The molecule has 7 nitrogen and oxygen atoms in total.